The molecule has 0 N–H and O–H groups in total. The Morgan fingerprint density at radius 1 is 1.12 bits per heavy atom. The fourth-order valence-electron chi connectivity index (χ4n) is 0. The standard InChI is InChI=1S/CH2O.2K.H2O3S/c1-2;;;1-4(2)3/h1H2;;;(H2,1,2,3)/q;2*+1;/p-2. The normalized spacial score (nSPS) is 4.88. The van der Waals surface area contributed by atoms with Gasteiger partial charge in [-0.1, -0.05) is 0 Å². The zero-order valence-electron chi connectivity index (χ0n) is 4.75. The topological polar surface area (TPSA) is 80.3 Å². The first-order chi connectivity index (χ1) is 2.73. The number of carbonyl (C=O) groups excluding carboxylic acids is 1. The van der Waals surface area contributed by atoms with Crippen molar-refractivity contribution in [3.05, 3.63) is 0 Å². The Kier molecular flexibility index (Phi) is 63.1. The van der Waals surface area contributed by atoms with Crippen molar-refractivity contribution in [2.24, 2.45) is 0 Å². The van der Waals surface area contributed by atoms with E-state index in [9.17, 15) is 0 Å². The molecule has 0 aliphatic carbocycles. The third-order valence-corrected chi connectivity index (χ3v) is 0. The maximum Gasteiger partial charge on any atom is 1.00 e. The third kappa shape index (κ3) is 63.8. The van der Waals surface area contributed by atoms with Gasteiger partial charge in [0, 0.05) is 0 Å². The molecule has 0 heterocycles. The van der Waals surface area contributed by atoms with Crippen LogP contribution in [0.5, 0.6) is 0 Å². The van der Waals surface area contributed by atoms with E-state index >= 15 is 0 Å². The van der Waals surface area contributed by atoms with Crippen LogP contribution in [0.15, 0.2) is 0 Å². The van der Waals surface area contributed by atoms with Gasteiger partial charge in [-0.05, 0) is 0 Å². The molecule has 4 nitrogen and oxygen atoms in total. The van der Waals surface area contributed by atoms with Gasteiger partial charge in [0.15, 0.2) is 0 Å². The Morgan fingerprint density at radius 3 is 1.12 bits per heavy atom. The van der Waals surface area contributed by atoms with Crippen molar-refractivity contribution in [1.29, 1.82) is 0 Å². The van der Waals surface area contributed by atoms with E-state index in [1.165, 1.54) is 0 Å². The quantitative estimate of drug-likeness (QED) is 0.279. The molecule has 0 bridgehead atoms. The molecule has 7 heteroatoms. The van der Waals surface area contributed by atoms with Crippen molar-refractivity contribution < 1.29 is 121 Å². The molecular weight excluding hydrogens is 186 g/mol. The van der Waals surface area contributed by atoms with E-state index in [0.29, 0.717) is 0 Å². The summed E-state index contributed by atoms with van der Waals surface area (Å²) in [5.74, 6) is 0. The molecule has 0 saturated heterocycles. The summed E-state index contributed by atoms with van der Waals surface area (Å²) in [6, 6.07) is 0. The third-order valence-electron chi connectivity index (χ3n) is 0. The van der Waals surface area contributed by atoms with Crippen molar-refractivity contribution in [2.45, 2.75) is 0 Å². The summed E-state index contributed by atoms with van der Waals surface area (Å²) < 4.78 is 25.3. The molecule has 0 rings (SSSR count). The monoisotopic (exact) mass is 188 g/mol. The summed E-state index contributed by atoms with van der Waals surface area (Å²) >= 11 is -3.11. The van der Waals surface area contributed by atoms with E-state index in [1.807, 2.05) is 6.79 Å². The molecule has 0 aliphatic rings. The number of hydrogen-bond donors (Lipinski definition) is 0. The second-order valence-corrected chi connectivity index (χ2v) is 0.612. The Morgan fingerprint density at radius 2 is 1.12 bits per heavy atom. The van der Waals surface area contributed by atoms with Gasteiger partial charge in [-0.2, -0.15) is 0 Å². The van der Waals surface area contributed by atoms with E-state index < -0.39 is 11.4 Å². The minimum absolute atomic E-state index is 0. The SMILES string of the molecule is C=O.O=S([O-])[O-].[K+].[K+]. The molecule has 0 saturated carbocycles. The average Bonchev–Trinajstić information content (AvgIpc) is 1.41. The van der Waals surface area contributed by atoms with Crippen molar-refractivity contribution in [1.82, 2.24) is 0 Å². The molecule has 0 unspecified atom stereocenters. The molecule has 0 amide bonds. The van der Waals surface area contributed by atoms with Crippen LogP contribution < -0.4 is 103 Å². The van der Waals surface area contributed by atoms with E-state index in [2.05, 4.69) is 0 Å². The minimum Gasteiger partial charge on any atom is -0.784 e. The molecular formula is CH2K2O4S. The molecule has 0 fully saturated rings. The van der Waals surface area contributed by atoms with Gasteiger partial charge < -0.3 is 13.9 Å². The predicted molar refractivity (Wildman–Crippen MR) is 16.8 cm³/mol. The second-order valence-electron chi connectivity index (χ2n) is 0.204. The van der Waals surface area contributed by atoms with Gasteiger partial charge in [-0.15, -0.1) is 11.4 Å². The van der Waals surface area contributed by atoms with Crippen LogP contribution in [0, 0.1) is 0 Å². The summed E-state index contributed by atoms with van der Waals surface area (Å²) in [6.07, 6.45) is 0. The van der Waals surface area contributed by atoms with Crippen LogP contribution in [-0.4, -0.2) is 20.1 Å². The van der Waals surface area contributed by atoms with Gasteiger partial charge in [0.25, 0.3) is 0 Å². The molecule has 0 radical (unpaired) electrons. The number of carbonyl (C=O) groups is 1. The summed E-state index contributed by atoms with van der Waals surface area (Å²) in [6.45, 7) is 2.00. The molecule has 0 aromatic carbocycles. The summed E-state index contributed by atoms with van der Waals surface area (Å²) in [4.78, 5) is 8.00. The summed E-state index contributed by atoms with van der Waals surface area (Å²) in [5.41, 5.74) is 0. The Bertz CT molecular complexity index is 45.3. The maximum absolute atomic E-state index is 8.44. The predicted octanol–water partition coefficient (Wildman–Crippen LogP) is -7.18. The largest absolute Gasteiger partial charge is 1.00 e. The van der Waals surface area contributed by atoms with Gasteiger partial charge in [-0.25, -0.2) is 0 Å². The van der Waals surface area contributed by atoms with E-state index in [-0.39, 0.29) is 103 Å². The first kappa shape index (κ1) is 22.5. The van der Waals surface area contributed by atoms with Crippen molar-refractivity contribution in [3.8, 4) is 0 Å². The van der Waals surface area contributed by atoms with Crippen molar-refractivity contribution in [3.63, 3.8) is 0 Å². The van der Waals surface area contributed by atoms with Gasteiger partial charge >= 0.3 is 103 Å². The van der Waals surface area contributed by atoms with Gasteiger partial charge in [-0.3, -0.25) is 4.21 Å². The van der Waals surface area contributed by atoms with Crippen molar-refractivity contribution >= 4 is 18.2 Å². The minimum atomic E-state index is -3.11. The first-order valence-corrected chi connectivity index (χ1v) is 1.79. The molecule has 0 spiro atoms. The van der Waals surface area contributed by atoms with Gasteiger partial charge in [0.2, 0.25) is 0 Å². The fourth-order valence-corrected chi connectivity index (χ4v) is 0. The van der Waals surface area contributed by atoms with E-state index in [4.69, 9.17) is 18.1 Å². The second kappa shape index (κ2) is 22.5. The van der Waals surface area contributed by atoms with Crippen LogP contribution in [-0.2, 0) is 16.2 Å². The Labute approximate surface area is 135 Å². The first-order valence-electron chi connectivity index (χ1n) is 0.789. The maximum atomic E-state index is 8.44. The van der Waals surface area contributed by atoms with E-state index in [1.54, 1.807) is 0 Å². The molecule has 0 atom stereocenters. The number of hydrogen-bond acceptors (Lipinski definition) is 4. The van der Waals surface area contributed by atoms with Gasteiger partial charge in [0.1, 0.15) is 6.79 Å². The molecule has 8 heavy (non-hydrogen) atoms. The van der Waals surface area contributed by atoms with Gasteiger partial charge in [0.05, 0.1) is 0 Å². The molecule has 0 aromatic rings. The van der Waals surface area contributed by atoms with Crippen LogP contribution in [0.3, 0.4) is 0 Å². The van der Waals surface area contributed by atoms with Crippen LogP contribution in [0.2, 0.25) is 0 Å². The van der Waals surface area contributed by atoms with Crippen LogP contribution >= 0.6 is 0 Å². The zero-order chi connectivity index (χ0) is 5.58. The Hall–Kier alpha value is 3.01. The smallest absolute Gasteiger partial charge is 0.784 e. The van der Waals surface area contributed by atoms with Crippen LogP contribution in [0.4, 0.5) is 0 Å². The summed E-state index contributed by atoms with van der Waals surface area (Å²) in [5, 5.41) is 0. The zero-order valence-corrected chi connectivity index (χ0v) is 11.8. The average molecular weight is 188 g/mol. The fraction of sp³-hybridized carbons (Fsp3) is 0. The Balaban J connectivity index is -0.0000000183. The van der Waals surface area contributed by atoms with Crippen LogP contribution in [0.25, 0.3) is 0 Å². The van der Waals surface area contributed by atoms with Crippen molar-refractivity contribution in [2.75, 3.05) is 0 Å². The number of rotatable bonds is 0. The van der Waals surface area contributed by atoms with Crippen LogP contribution in [0.1, 0.15) is 0 Å². The molecule has 38 valence electrons. The summed E-state index contributed by atoms with van der Waals surface area (Å²) in [7, 11) is 0. The molecule has 0 aromatic heterocycles. The molecule has 0 aliphatic heterocycles. The van der Waals surface area contributed by atoms with E-state index in [0.717, 1.165) is 0 Å².